The molecule has 1 saturated carbocycles. The van der Waals surface area contributed by atoms with Crippen molar-refractivity contribution in [1.29, 1.82) is 0 Å². The number of ether oxygens (including phenoxy) is 1. The van der Waals surface area contributed by atoms with E-state index in [9.17, 15) is 4.79 Å². The Balaban J connectivity index is 0.00000176. The monoisotopic (exact) mass is 324 g/mol. The molecule has 0 unspecified atom stereocenters. The van der Waals surface area contributed by atoms with E-state index in [2.05, 4.69) is 22.3 Å². The van der Waals surface area contributed by atoms with Gasteiger partial charge in [0.1, 0.15) is 5.75 Å². The second kappa shape index (κ2) is 7.84. The summed E-state index contributed by atoms with van der Waals surface area (Å²) in [5, 5.41) is 2.99. The van der Waals surface area contributed by atoms with Crippen LogP contribution in [0.2, 0.25) is 0 Å². The van der Waals surface area contributed by atoms with Crippen LogP contribution >= 0.6 is 12.4 Å². The van der Waals surface area contributed by atoms with E-state index < -0.39 is 0 Å². The van der Waals surface area contributed by atoms with Crippen LogP contribution in [0.15, 0.2) is 18.2 Å². The van der Waals surface area contributed by atoms with Gasteiger partial charge in [-0.25, -0.2) is 0 Å². The number of benzene rings is 1. The lowest BCUT2D eigenvalue weighted by atomic mass is 10.1. The first-order chi connectivity index (χ1) is 10.3. The Bertz CT molecular complexity index is 515. The number of nitrogens with zero attached hydrogens (tertiary/aromatic N) is 1. The van der Waals surface area contributed by atoms with Gasteiger partial charge in [-0.1, -0.05) is 25.0 Å². The Morgan fingerprint density at radius 3 is 2.86 bits per heavy atom. The average molecular weight is 325 g/mol. The first-order valence-electron chi connectivity index (χ1n) is 7.96. The van der Waals surface area contributed by atoms with Crippen molar-refractivity contribution in [3.05, 3.63) is 29.3 Å². The zero-order chi connectivity index (χ0) is 14.7. The van der Waals surface area contributed by atoms with E-state index >= 15 is 0 Å². The summed E-state index contributed by atoms with van der Waals surface area (Å²) in [4.78, 5) is 14.5. The molecule has 3 rings (SSSR count). The van der Waals surface area contributed by atoms with Crippen molar-refractivity contribution in [2.75, 3.05) is 20.2 Å². The van der Waals surface area contributed by atoms with Gasteiger partial charge in [0.15, 0.2) is 0 Å². The Morgan fingerprint density at radius 1 is 1.36 bits per heavy atom. The van der Waals surface area contributed by atoms with Gasteiger partial charge in [-0.2, -0.15) is 0 Å². The molecule has 0 saturated heterocycles. The minimum Gasteiger partial charge on any atom is -0.493 e. The normalized spacial score (nSPS) is 16.8. The van der Waals surface area contributed by atoms with E-state index in [0.29, 0.717) is 12.6 Å². The van der Waals surface area contributed by atoms with Crippen molar-refractivity contribution in [2.24, 2.45) is 0 Å². The molecule has 0 spiro atoms. The summed E-state index contributed by atoms with van der Waals surface area (Å²) in [6.45, 7) is 1.92. The maximum absolute atomic E-state index is 12.4. The van der Waals surface area contributed by atoms with E-state index in [1.165, 1.54) is 24.0 Å². The van der Waals surface area contributed by atoms with Gasteiger partial charge < -0.3 is 15.0 Å². The fourth-order valence-electron chi connectivity index (χ4n) is 3.42. The number of nitrogens with one attached hydrogen (secondary N) is 1. The third kappa shape index (κ3) is 3.73. The van der Waals surface area contributed by atoms with Crippen molar-refractivity contribution in [1.82, 2.24) is 10.2 Å². The molecule has 1 aromatic rings. The molecule has 1 amide bonds. The van der Waals surface area contributed by atoms with Crippen LogP contribution in [-0.4, -0.2) is 37.0 Å². The number of halogens is 1. The first kappa shape index (κ1) is 17.1. The summed E-state index contributed by atoms with van der Waals surface area (Å²) >= 11 is 0. The maximum Gasteiger partial charge on any atom is 0.237 e. The van der Waals surface area contributed by atoms with Gasteiger partial charge in [0, 0.05) is 19.0 Å². The molecule has 5 heteroatoms. The molecule has 0 atom stereocenters. The zero-order valence-corrected chi connectivity index (χ0v) is 14.0. The summed E-state index contributed by atoms with van der Waals surface area (Å²) in [6, 6.07) is 6.76. The minimum atomic E-state index is 0. The molecule has 1 fully saturated rings. The third-order valence-electron chi connectivity index (χ3n) is 4.52. The molecule has 4 nitrogen and oxygen atoms in total. The van der Waals surface area contributed by atoms with E-state index in [1.54, 1.807) is 0 Å². The smallest absolute Gasteiger partial charge is 0.237 e. The highest BCUT2D eigenvalue weighted by Crippen LogP contribution is 2.28. The van der Waals surface area contributed by atoms with Gasteiger partial charge >= 0.3 is 0 Å². The maximum atomic E-state index is 12.4. The molecule has 1 aromatic carbocycles. The van der Waals surface area contributed by atoms with Crippen LogP contribution in [0.3, 0.4) is 0 Å². The summed E-state index contributed by atoms with van der Waals surface area (Å²) < 4.78 is 5.55. The molecule has 2 aliphatic rings. The molecule has 0 aromatic heterocycles. The topological polar surface area (TPSA) is 41.6 Å². The lowest BCUT2D eigenvalue weighted by Crippen LogP contribution is -2.42. The highest BCUT2D eigenvalue weighted by Gasteiger charge is 2.26. The largest absolute Gasteiger partial charge is 0.493 e. The van der Waals surface area contributed by atoms with Gasteiger partial charge in [0.2, 0.25) is 5.91 Å². The van der Waals surface area contributed by atoms with Crippen molar-refractivity contribution >= 4 is 18.3 Å². The predicted molar refractivity (Wildman–Crippen MR) is 89.6 cm³/mol. The fourth-order valence-corrected chi connectivity index (χ4v) is 3.42. The fraction of sp³-hybridized carbons (Fsp3) is 0.588. The lowest BCUT2D eigenvalue weighted by Gasteiger charge is -2.29. The standard InChI is InChI=1S/C17H24N2O2.ClH/c1-18-11-17(20)19(15-4-2-3-5-15)12-13-6-7-16-14(10-13)8-9-21-16;/h6-7,10,15,18H,2-5,8-9,11-12H2,1H3;1H. The van der Waals surface area contributed by atoms with E-state index in [1.807, 2.05) is 13.1 Å². The average Bonchev–Trinajstić information content (AvgIpc) is 3.15. The van der Waals surface area contributed by atoms with Gasteiger partial charge in [0.25, 0.3) is 0 Å². The molecule has 122 valence electrons. The number of amides is 1. The van der Waals surface area contributed by atoms with Gasteiger partial charge in [-0.05, 0) is 37.1 Å². The Kier molecular flexibility index (Phi) is 6.09. The molecule has 1 N–H and O–H groups in total. The summed E-state index contributed by atoms with van der Waals surface area (Å²) in [7, 11) is 1.83. The molecule has 1 aliphatic heterocycles. The Labute approximate surface area is 138 Å². The van der Waals surface area contributed by atoms with E-state index in [4.69, 9.17) is 4.74 Å². The summed E-state index contributed by atoms with van der Waals surface area (Å²) in [5.41, 5.74) is 2.50. The van der Waals surface area contributed by atoms with Crippen molar-refractivity contribution < 1.29 is 9.53 Å². The lowest BCUT2D eigenvalue weighted by molar-refractivity contribution is -0.133. The van der Waals surface area contributed by atoms with Gasteiger partial charge in [-0.3, -0.25) is 4.79 Å². The van der Waals surface area contributed by atoms with Crippen molar-refractivity contribution in [2.45, 2.75) is 44.7 Å². The number of hydrogen-bond donors (Lipinski definition) is 1. The molecule has 0 bridgehead atoms. The van der Waals surface area contributed by atoms with Crippen LogP contribution in [0.1, 0.15) is 36.8 Å². The van der Waals surface area contributed by atoms with Crippen LogP contribution < -0.4 is 10.1 Å². The third-order valence-corrected chi connectivity index (χ3v) is 4.52. The quantitative estimate of drug-likeness (QED) is 0.905. The van der Waals surface area contributed by atoms with Crippen LogP contribution in [0.25, 0.3) is 0 Å². The highest BCUT2D eigenvalue weighted by atomic mass is 35.5. The molecule has 1 heterocycles. The predicted octanol–water partition coefficient (Wildman–Crippen LogP) is 2.53. The Morgan fingerprint density at radius 2 is 2.14 bits per heavy atom. The van der Waals surface area contributed by atoms with E-state index in [-0.39, 0.29) is 18.3 Å². The number of carbonyl (C=O) groups is 1. The SMILES string of the molecule is CNCC(=O)N(Cc1ccc2c(c1)CCO2)C1CCCC1.Cl. The van der Waals surface area contributed by atoms with Gasteiger partial charge in [-0.15, -0.1) is 12.4 Å². The number of carbonyl (C=O) groups excluding carboxylic acids is 1. The van der Waals surface area contributed by atoms with Crippen LogP contribution in [0.4, 0.5) is 0 Å². The van der Waals surface area contributed by atoms with Crippen molar-refractivity contribution in [3.63, 3.8) is 0 Å². The number of hydrogen-bond acceptors (Lipinski definition) is 3. The molecule has 1 aliphatic carbocycles. The second-order valence-corrected chi connectivity index (χ2v) is 6.03. The molecular formula is C17H25ClN2O2. The zero-order valence-electron chi connectivity index (χ0n) is 13.1. The number of rotatable bonds is 5. The molecule has 22 heavy (non-hydrogen) atoms. The molecular weight excluding hydrogens is 300 g/mol. The summed E-state index contributed by atoms with van der Waals surface area (Å²) in [6.07, 6.45) is 5.75. The number of likely N-dealkylation sites (N-methyl/N-ethyl adjacent to an activating group) is 1. The summed E-state index contributed by atoms with van der Waals surface area (Å²) in [5.74, 6) is 1.22. The first-order valence-corrected chi connectivity index (χ1v) is 7.96. The van der Waals surface area contributed by atoms with Crippen LogP contribution in [0.5, 0.6) is 5.75 Å². The van der Waals surface area contributed by atoms with Crippen LogP contribution in [0, 0.1) is 0 Å². The highest BCUT2D eigenvalue weighted by molar-refractivity contribution is 5.85. The van der Waals surface area contributed by atoms with Crippen LogP contribution in [-0.2, 0) is 17.8 Å². The Hall–Kier alpha value is -1.26. The van der Waals surface area contributed by atoms with Crippen molar-refractivity contribution in [3.8, 4) is 5.75 Å². The number of fused-ring (bicyclic) bond motifs is 1. The van der Waals surface area contributed by atoms with Gasteiger partial charge in [0.05, 0.1) is 13.2 Å². The second-order valence-electron chi connectivity index (χ2n) is 6.03. The minimum absolute atomic E-state index is 0. The van der Waals surface area contributed by atoms with E-state index in [0.717, 1.165) is 38.2 Å². The molecule has 0 radical (unpaired) electrons.